The van der Waals surface area contributed by atoms with Crippen molar-refractivity contribution in [2.45, 2.75) is 0 Å². The molecular formula is C15H9F2N5S. The number of benzene rings is 1. The van der Waals surface area contributed by atoms with Crippen molar-refractivity contribution >= 4 is 27.9 Å². The molecule has 0 saturated heterocycles. The van der Waals surface area contributed by atoms with Gasteiger partial charge in [0.05, 0.1) is 17.6 Å². The van der Waals surface area contributed by atoms with E-state index in [2.05, 4.69) is 20.3 Å². The molecule has 1 aromatic carbocycles. The summed E-state index contributed by atoms with van der Waals surface area (Å²) in [7, 11) is 0. The Labute approximate surface area is 133 Å². The van der Waals surface area contributed by atoms with Gasteiger partial charge >= 0.3 is 0 Å². The molecule has 4 rings (SSSR count). The van der Waals surface area contributed by atoms with Gasteiger partial charge in [0.25, 0.3) is 0 Å². The van der Waals surface area contributed by atoms with Gasteiger partial charge in [-0.1, -0.05) is 0 Å². The standard InChI is InChI=1S/C15H9F2N5S/c16-9-2-3-10(17)11(6-9)20-15-21-12(8-23-15)13-7-19-14-18-4-1-5-22(13)14/h1-8H,(H,20,21). The SMILES string of the molecule is Fc1ccc(F)c(Nc2nc(-c3cnc4ncccn34)cs2)c1. The molecule has 23 heavy (non-hydrogen) atoms. The fraction of sp³-hybridized carbons (Fsp3) is 0. The van der Waals surface area contributed by atoms with E-state index in [1.54, 1.807) is 18.5 Å². The summed E-state index contributed by atoms with van der Waals surface area (Å²) < 4.78 is 28.7. The third-order valence-electron chi connectivity index (χ3n) is 3.23. The van der Waals surface area contributed by atoms with Gasteiger partial charge in [0.15, 0.2) is 5.13 Å². The molecule has 0 amide bonds. The molecule has 0 unspecified atom stereocenters. The Hall–Kier alpha value is -2.87. The fourth-order valence-electron chi connectivity index (χ4n) is 2.17. The van der Waals surface area contributed by atoms with E-state index in [1.165, 1.54) is 11.3 Å². The number of nitrogens with zero attached hydrogens (tertiary/aromatic N) is 4. The first-order chi connectivity index (χ1) is 11.2. The fourth-order valence-corrected chi connectivity index (χ4v) is 2.89. The number of fused-ring (bicyclic) bond motifs is 1. The Balaban J connectivity index is 1.68. The highest BCUT2D eigenvalue weighted by atomic mass is 32.1. The summed E-state index contributed by atoms with van der Waals surface area (Å²) in [5.74, 6) is -0.484. The highest BCUT2D eigenvalue weighted by Gasteiger charge is 2.12. The van der Waals surface area contributed by atoms with Crippen molar-refractivity contribution < 1.29 is 8.78 Å². The summed E-state index contributed by atoms with van der Waals surface area (Å²) in [6, 6.07) is 5.03. The number of hydrogen-bond acceptors (Lipinski definition) is 5. The van der Waals surface area contributed by atoms with Crippen molar-refractivity contribution in [2.24, 2.45) is 0 Å². The minimum Gasteiger partial charge on any atom is -0.329 e. The van der Waals surface area contributed by atoms with Gasteiger partial charge in [-0.05, 0) is 18.2 Å². The van der Waals surface area contributed by atoms with Gasteiger partial charge in [-0.15, -0.1) is 11.3 Å². The topological polar surface area (TPSA) is 55.1 Å². The number of hydrogen-bond donors (Lipinski definition) is 1. The first-order valence-corrected chi connectivity index (χ1v) is 7.55. The van der Waals surface area contributed by atoms with Crippen LogP contribution < -0.4 is 5.32 Å². The van der Waals surface area contributed by atoms with Crippen LogP contribution in [0.2, 0.25) is 0 Å². The molecule has 0 aliphatic rings. The van der Waals surface area contributed by atoms with Crippen LogP contribution in [-0.2, 0) is 0 Å². The zero-order valence-electron chi connectivity index (χ0n) is 11.6. The maximum absolute atomic E-state index is 13.7. The molecule has 0 spiro atoms. The lowest BCUT2D eigenvalue weighted by atomic mass is 10.3. The lowest BCUT2D eigenvalue weighted by Crippen LogP contribution is -1.95. The van der Waals surface area contributed by atoms with Crippen LogP contribution in [0.5, 0.6) is 0 Å². The first kappa shape index (κ1) is 13.8. The molecule has 0 aliphatic heterocycles. The number of halogens is 2. The van der Waals surface area contributed by atoms with Crippen LogP contribution in [0.1, 0.15) is 0 Å². The second kappa shape index (κ2) is 5.40. The molecule has 0 aliphatic carbocycles. The zero-order chi connectivity index (χ0) is 15.8. The minimum absolute atomic E-state index is 0.0470. The van der Waals surface area contributed by atoms with Crippen LogP contribution in [0.15, 0.2) is 48.2 Å². The second-order valence-corrected chi connectivity index (χ2v) is 5.58. The average Bonchev–Trinajstić information content (AvgIpc) is 3.17. The highest BCUT2D eigenvalue weighted by molar-refractivity contribution is 7.14. The minimum atomic E-state index is -0.540. The lowest BCUT2D eigenvalue weighted by Gasteiger charge is -2.03. The van der Waals surface area contributed by atoms with Gasteiger partial charge in [0, 0.05) is 23.8 Å². The van der Waals surface area contributed by atoms with Gasteiger partial charge < -0.3 is 5.32 Å². The van der Waals surface area contributed by atoms with E-state index in [-0.39, 0.29) is 5.69 Å². The van der Waals surface area contributed by atoms with E-state index in [4.69, 9.17) is 0 Å². The number of imidazole rings is 1. The largest absolute Gasteiger partial charge is 0.329 e. The summed E-state index contributed by atoms with van der Waals surface area (Å²) in [6.45, 7) is 0. The molecule has 5 nitrogen and oxygen atoms in total. The van der Waals surface area contributed by atoms with Gasteiger partial charge in [0.2, 0.25) is 5.78 Å². The maximum Gasteiger partial charge on any atom is 0.234 e. The second-order valence-electron chi connectivity index (χ2n) is 4.72. The predicted octanol–water partition coefficient (Wildman–Crippen LogP) is 3.87. The Morgan fingerprint density at radius 3 is 3.00 bits per heavy atom. The maximum atomic E-state index is 13.7. The molecule has 0 radical (unpaired) electrons. The van der Waals surface area contributed by atoms with Gasteiger partial charge in [-0.25, -0.2) is 23.7 Å². The number of aromatic nitrogens is 4. The molecule has 0 atom stereocenters. The molecule has 4 aromatic rings. The lowest BCUT2D eigenvalue weighted by molar-refractivity contribution is 0.603. The van der Waals surface area contributed by atoms with E-state index >= 15 is 0 Å². The molecule has 0 saturated carbocycles. The van der Waals surface area contributed by atoms with Gasteiger partial charge in [-0.2, -0.15) is 0 Å². The van der Waals surface area contributed by atoms with Gasteiger partial charge in [0.1, 0.15) is 17.3 Å². The summed E-state index contributed by atoms with van der Waals surface area (Å²) in [5, 5.41) is 5.07. The molecule has 3 heterocycles. The van der Waals surface area contributed by atoms with E-state index in [0.29, 0.717) is 16.6 Å². The van der Waals surface area contributed by atoms with Crippen LogP contribution in [0.3, 0.4) is 0 Å². The monoisotopic (exact) mass is 329 g/mol. The molecule has 1 N–H and O–H groups in total. The van der Waals surface area contributed by atoms with Crippen LogP contribution in [-0.4, -0.2) is 19.4 Å². The predicted molar refractivity (Wildman–Crippen MR) is 83.7 cm³/mol. The number of nitrogens with one attached hydrogen (secondary N) is 1. The quantitative estimate of drug-likeness (QED) is 0.620. The summed E-state index contributed by atoms with van der Waals surface area (Å²) in [5.41, 5.74) is 1.50. The first-order valence-electron chi connectivity index (χ1n) is 6.67. The highest BCUT2D eigenvalue weighted by Crippen LogP contribution is 2.28. The molecule has 3 aromatic heterocycles. The Kier molecular flexibility index (Phi) is 3.23. The molecule has 0 bridgehead atoms. The Morgan fingerprint density at radius 1 is 1.17 bits per heavy atom. The Bertz CT molecular complexity index is 994. The average molecular weight is 329 g/mol. The number of thiazole rings is 1. The molecule has 8 heteroatoms. The summed E-state index contributed by atoms with van der Waals surface area (Å²) >= 11 is 1.29. The zero-order valence-corrected chi connectivity index (χ0v) is 12.4. The third kappa shape index (κ3) is 2.53. The Morgan fingerprint density at radius 2 is 2.09 bits per heavy atom. The third-order valence-corrected chi connectivity index (χ3v) is 3.98. The number of anilines is 2. The van der Waals surface area contributed by atoms with E-state index in [1.807, 2.05) is 16.0 Å². The molecular weight excluding hydrogens is 320 g/mol. The van der Waals surface area contributed by atoms with Crippen molar-refractivity contribution in [1.82, 2.24) is 19.4 Å². The van der Waals surface area contributed by atoms with E-state index < -0.39 is 11.6 Å². The van der Waals surface area contributed by atoms with Crippen LogP contribution in [0.25, 0.3) is 17.2 Å². The molecule has 114 valence electrons. The van der Waals surface area contributed by atoms with Gasteiger partial charge in [-0.3, -0.25) is 4.40 Å². The van der Waals surface area contributed by atoms with E-state index in [9.17, 15) is 8.78 Å². The molecule has 0 fully saturated rings. The van der Waals surface area contributed by atoms with Crippen molar-refractivity contribution in [3.8, 4) is 11.4 Å². The summed E-state index contributed by atoms with van der Waals surface area (Å²) in [4.78, 5) is 12.7. The van der Waals surface area contributed by atoms with Crippen LogP contribution in [0, 0.1) is 11.6 Å². The van der Waals surface area contributed by atoms with Crippen molar-refractivity contribution in [3.05, 3.63) is 59.9 Å². The summed E-state index contributed by atoms with van der Waals surface area (Å²) in [6.07, 6.45) is 5.17. The van der Waals surface area contributed by atoms with Crippen LogP contribution >= 0.6 is 11.3 Å². The van der Waals surface area contributed by atoms with Crippen molar-refractivity contribution in [3.63, 3.8) is 0 Å². The van der Waals surface area contributed by atoms with Crippen molar-refractivity contribution in [1.29, 1.82) is 0 Å². The van der Waals surface area contributed by atoms with Crippen LogP contribution in [0.4, 0.5) is 19.6 Å². The van der Waals surface area contributed by atoms with E-state index in [0.717, 1.165) is 23.9 Å². The number of rotatable bonds is 3. The van der Waals surface area contributed by atoms with Crippen molar-refractivity contribution in [2.75, 3.05) is 5.32 Å². The normalized spacial score (nSPS) is 11.0. The smallest absolute Gasteiger partial charge is 0.234 e.